The summed E-state index contributed by atoms with van der Waals surface area (Å²) in [5.74, 6) is 0.619. The van der Waals surface area contributed by atoms with Crippen LogP contribution < -0.4 is 14.8 Å². The maximum atomic E-state index is 12.6. The van der Waals surface area contributed by atoms with Crippen molar-refractivity contribution in [1.29, 1.82) is 5.26 Å². The third-order valence-corrected chi connectivity index (χ3v) is 5.70. The zero-order valence-corrected chi connectivity index (χ0v) is 19.3. The molecule has 0 aliphatic rings. The molecule has 0 saturated heterocycles. The second kappa shape index (κ2) is 11.3. The monoisotopic (exact) mass is 467 g/mol. The standard InChI is InChI=1S/C24H22ClN3O3S/c1-3-10-31-21-9-8-16(12-22(21)30-2)11-18(14-26)23(29)28-24-27-15-19(32-24)13-17-6-4-5-7-20(17)25/h4-9,11-12,15H,3,10,13H2,1-2H3,(H,27,28,29). The maximum Gasteiger partial charge on any atom is 0.268 e. The molecular weight excluding hydrogens is 446 g/mol. The van der Waals surface area contributed by atoms with Crippen LogP contribution in [0.1, 0.15) is 29.3 Å². The first-order chi connectivity index (χ1) is 15.5. The van der Waals surface area contributed by atoms with Gasteiger partial charge in [0, 0.05) is 22.5 Å². The van der Waals surface area contributed by atoms with Gasteiger partial charge in [0.2, 0.25) is 0 Å². The Bertz CT molecular complexity index is 1170. The summed E-state index contributed by atoms with van der Waals surface area (Å²) in [5.41, 5.74) is 1.58. The van der Waals surface area contributed by atoms with Gasteiger partial charge in [-0.1, -0.05) is 42.8 Å². The summed E-state index contributed by atoms with van der Waals surface area (Å²) >= 11 is 7.55. The van der Waals surface area contributed by atoms with Crippen molar-refractivity contribution >= 4 is 40.1 Å². The molecule has 0 aliphatic heterocycles. The molecule has 164 valence electrons. The summed E-state index contributed by atoms with van der Waals surface area (Å²) in [5, 5.41) is 13.3. The number of halogens is 1. The second-order valence-electron chi connectivity index (χ2n) is 6.78. The van der Waals surface area contributed by atoms with Crippen LogP contribution in [0.25, 0.3) is 6.08 Å². The molecule has 8 heteroatoms. The summed E-state index contributed by atoms with van der Waals surface area (Å²) in [6.45, 7) is 2.59. The third-order valence-electron chi connectivity index (χ3n) is 4.42. The minimum Gasteiger partial charge on any atom is -0.493 e. The number of carbonyl (C=O) groups excluding carboxylic acids is 1. The Morgan fingerprint density at radius 3 is 2.81 bits per heavy atom. The Morgan fingerprint density at radius 1 is 1.28 bits per heavy atom. The summed E-state index contributed by atoms with van der Waals surface area (Å²) in [6.07, 6.45) is 4.68. The van der Waals surface area contributed by atoms with Gasteiger partial charge in [-0.3, -0.25) is 10.1 Å². The van der Waals surface area contributed by atoms with Crippen LogP contribution in [0, 0.1) is 11.3 Å². The molecule has 0 aliphatic carbocycles. The molecule has 32 heavy (non-hydrogen) atoms. The van der Waals surface area contributed by atoms with Crippen LogP contribution in [0.4, 0.5) is 5.13 Å². The van der Waals surface area contributed by atoms with E-state index in [-0.39, 0.29) is 5.57 Å². The minimum absolute atomic E-state index is 0.0443. The Balaban J connectivity index is 1.71. The Kier molecular flexibility index (Phi) is 8.26. The van der Waals surface area contributed by atoms with E-state index in [9.17, 15) is 10.1 Å². The van der Waals surface area contributed by atoms with E-state index < -0.39 is 5.91 Å². The smallest absolute Gasteiger partial charge is 0.268 e. The number of anilines is 1. The van der Waals surface area contributed by atoms with E-state index in [1.807, 2.05) is 37.3 Å². The molecule has 0 fully saturated rings. The fourth-order valence-corrected chi connectivity index (χ4v) is 3.89. The predicted molar refractivity (Wildman–Crippen MR) is 127 cm³/mol. The molecule has 1 heterocycles. The number of nitriles is 1. The lowest BCUT2D eigenvalue weighted by molar-refractivity contribution is -0.112. The van der Waals surface area contributed by atoms with Gasteiger partial charge in [0.05, 0.1) is 13.7 Å². The molecule has 1 N–H and O–H groups in total. The quantitative estimate of drug-likeness (QED) is 0.321. The lowest BCUT2D eigenvalue weighted by Crippen LogP contribution is -2.13. The van der Waals surface area contributed by atoms with Gasteiger partial charge >= 0.3 is 0 Å². The van der Waals surface area contributed by atoms with Crippen molar-refractivity contribution < 1.29 is 14.3 Å². The van der Waals surface area contributed by atoms with E-state index in [0.29, 0.717) is 40.2 Å². The molecule has 1 aromatic heterocycles. The highest BCUT2D eigenvalue weighted by molar-refractivity contribution is 7.15. The van der Waals surface area contributed by atoms with Crippen LogP contribution in [-0.4, -0.2) is 24.6 Å². The van der Waals surface area contributed by atoms with E-state index in [2.05, 4.69) is 10.3 Å². The van der Waals surface area contributed by atoms with Crippen molar-refractivity contribution in [2.75, 3.05) is 19.0 Å². The summed E-state index contributed by atoms with van der Waals surface area (Å²) in [4.78, 5) is 17.8. The van der Waals surface area contributed by atoms with Crippen LogP contribution >= 0.6 is 22.9 Å². The first-order valence-corrected chi connectivity index (χ1v) is 11.2. The summed E-state index contributed by atoms with van der Waals surface area (Å²) in [6, 6.07) is 14.8. The van der Waals surface area contributed by atoms with Crippen LogP contribution in [0.3, 0.4) is 0 Å². The Labute approximate surface area is 196 Å². The predicted octanol–water partition coefficient (Wildman–Crippen LogP) is 5.73. The number of hydrogen-bond acceptors (Lipinski definition) is 6. The van der Waals surface area contributed by atoms with Crippen molar-refractivity contribution in [3.63, 3.8) is 0 Å². The maximum absolute atomic E-state index is 12.6. The summed E-state index contributed by atoms with van der Waals surface area (Å²) < 4.78 is 11.0. The number of rotatable bonds is 9. The van der Waals surface area contributed by atoms with Gasteiger partial charge in [0.25, 0.3) is 5.91 Å². The topological polar surface area (TPSA) is 84.2 Å². The zero-order chi connectivity index (χ0) is 22.9. The fraction of sp³-hybridized carbons (Fsp3) is 0.208. The van der Waals surface area contributed by atoms with Crippen LogP contribution in [-0.2, 0) is 11.2 Å². The largest absolute Gasteiger partial charge is 0.493 e. The number of carbonyl (C=O) groups is 1. The number of nitrogens with zero attached hydrogens (tertiary/aromatic N) is 2. The number of amides is 1. The van der Waals surface area contributed by atoms with Gasteiger partial charge in [-0.2, -0.15) is 5.26 Å². The van der Waals surface area contributed by atoms with Gasteiger partial charge in [0.15, 0.2) is 16.6 Å². The van der Waals surface area contributed by atoms with Crippen LogP contribution in [0.2, 0.25) is 5.02 Å². The van der Waals surface area contributed by atoms with Gasteiger partial charge in [-0.15, -0.1) is 11.3 Å². The van der Waals surface area contributed by atoms with Crippen molar-refractivity contribution in [2.45, 2.75) is 19.8 Å². The molecule has 0 atom stereocenters. The van der Waals surface area contributed by atoms with Crippen molar-refractivity contribution in [1.82, 2.24) is 4.98 Å². The normalized spacial score (nSPS) is 11.0. The number of ether oxygens (including phenoxy) is 2. The highest BCUT2D eigenvalue weighted by Crippen LogP contribution is 2.29. The number of benzene rings is 2. The average Bonchev–Trinajstić information content (AvgIpc) is 3.24. The highest BCUT2D eigenvalue weighted by atomic mass is 35.5. The van der Waals surface area contributed by atoms with Crippen molar-refractivity contribution in [3.8, 4) is 17.6 Å². The number of hydrogen-bond donors (Lipinski definition) is 1. The number of methoxy groups -OCH3 is 1. The highest BCUT2D eigenvalue weighted by Gasteiger charge is 2.14. The molecule has 0 bridgehead atoms. The van der Waals surface area contributed by atoms with E-state index in [4.69, 9.17) is 21.1 Å². The molecule has 0 unspecified atom stereocenters. The lowest BCUT2D eigenvalue weighted by atomic mass is 10.1. The first kappa shape index (κ1) is 23.3. The Hall–Kier alpha value is -3.34. The van der Waals surface area contributed by atoms with E-state index >= 15 is 0 Å². The first-order valence-electron chi connectivity index (χ1n) is 9.96. The molecule has 0 spiro atoms. The molecule has 6 nitrogen and oxygen atoms in total. The van der Waals surface area contributed by atoms with Crippen molar-refractivity contribution in [3.05, 3.63) is 75.3 Å². The van der Waals surface area contributed by atoms with Crippen LogP contribution in [0.15, 0.2) is 54.2 Å². The average molecular weight is 468 g/mol. The molecule has 3 rings (SSSR count). The minimum atomic E-state index is -0.531. The molecule has 2 aromatic carbocycles. The second-order valence-corrected chi connectivity index (χ2v) is 8.31. The Morgan fingerprint density at radius 2 is 2.09 bits per heavy atom. The molecule has 0 saturated carbocycles. The summed E-state index contributed by atoms with van der Waals surface area (Å²) in [7, 11) is 1.54. The van der Waals surface area contributed by atoms with Gasteiger partial charge in [-0.05, 0) is 41.8 Å². The molecule has 1 amide bonds. The number of aromatic nitrogens is 1. The fourth-order valence-electron chi connectivity index (χ4n) is 2.86. The number of nitrogens with one attached hydrogen (secondary N) is 1. The van der Waals surface area contributed by atoms with Crippen molar-refractivity contribution in [2.24, 2.45) is 0 Å². The molecule has 0 radical (unpaired) electrons. The van der Waals surface area contributed by atoms with Crippen LogP contribution in [0.5, 0.6) is 11.5 Å². The molecular formula is C24H22ClN3O3S. The van der Waals surface area contributed by atoms with E-state index in [1.165, 1.54) is 17.4 Å². The van der Waals surface area contributed by atoms with E-state index in [1.54, 1.807) is 31.5 Å². The van der Waals surface area contributed by atoms with Gasteiger partial charge in [0.1, 0.15) is 11.6 Å². The third kappa shape index (κ3) is 6.10. The lowest BCUT2D eigenvalue weighted by Gasteiger charge is -2.10. The number of thiazole rings is 1. The zero-order valence-electron chi connectivity index (χ0n) is 17.7. The van der Waals surface area contributed by atoms with E-state index in [0.717, 1.165) is 16.9 Å². The SMILES string of the molecule is CCCOc1ccc(C=C(C#N)C(=O)Nc2ncc(Cc3ccccc3Cl)s2)cc1OC. The van der Waals surface area contributed by atoms with Gasteiger partial charge in [-0.25, -0.2) is 4.98 Å². The molecule has 3 aromatic rings. The van der Waals surface area contributed by atoms with Gasteiger partial charge < -0.3 is 9.47 Å².